The van der Waals surface area contributed by atoms with E-state index in [-0.39, 0.29) is 0 Å². The molecule has 1 aromatic heterocycles. The minimum Gasteiger partial charge on any atom is -0.310 e. The number of hydrogen-bond donors (Lipinski definition) is 1. The molecule has 0 aromatic carbocycles. The van der Waals surface area contributed by atoms with Gasteiger partial charge in [0.05, 0.1) is 13.6 Å². The fourth-order valence-corrected chi connectivity index (χ4v) is 1.48. The molecule has 0 aliphatic carbocycles. The maximum atomic E-state index is 4.06. The summed E-state index contributed by atoms with van der Waals surface area (Å²) < 4.78 is 1.23. The number of aryl methyl sites for hydroxylation is 1. The lowest BCUT2D eigenvalue weighted by atomic mass is 10.3. The fourth-order valence-electron chi connectivity index (χ4n) is 0.939. The molecule has 1 N–H and O–H groups in total. The Morgan fingerprint density at radius 2 is 2.31 bits per heavy atom. The van der Waals surface area contributed by atoms with Crippen LogP contribution in [0.15, 0.2) is 0 Å². The van der Waals surface area contributed by atoms with Crippen LogP contribution in [0.5, 0.6) is 0 Å². The molecule has 0 unspecified atom stereocenters. The van der Waals surface area contributed by atoms with Gasteiger partial charge in [-0.2, -0.15) is 4.80 Å². The molecule has 0 aliphatic rings. The number of alkyl halides is 1. The van der Waals surface area contributed by atoms with Crippen molar-refractivity contribution in [1.29, 1.82) is 0 Å². The third-order valence-electron chi connectivity index (χ3n) is 1.57. The van der Waals surface area contributed by atoms with Gasteiger partial charge >= 0.3 is 0 Å². The van der Waals surface area contributed by atoms with E-state index in [2.05, 4.69) is 43.3 Å². The molecular formula is C7H14IN5. The van der Waals surface area contributed by atoms with Crippen LogP contribution in [0.1, 0.15) is 18.7 Å². The number of tetrazole rings is 1. The Kier molecular flexibility index (Phi) is 5.21. The molecule has 0 amide bonds. The van der Waals surface area contributed by atoms with Crippen molar-refractivity contribution in [2.45, 2.75) is 19.4 Å². The van der Waals surface area contributed by atoms with Gasteiger partial charge in [0.15, 0.2) is 5.82 Å². The van der Waals surface area contributed by atoms with Crippen molar-refractivity contribution in [3.63, 3.8) is 0 Å². The monoisotopic (exact) mass is 295 g/mol. The number of nitrogens with zero attached hydrogens (tertiary/aromatic N) is 4. The van der Waals surface area contributed by atoms with Gasteiger partial charge in [0, 0.05) is 0 Å². The minimum absolute atomic E-state index is 0.717. The highest BCUT2D eigenvalue weighted by atomic mass is 127. The van der Waals surface area contributed by atoms with E-state index in [1.807, 2.05) is 0 Å². The summed E-state index contributed by atoms with van der Waals surface area (Å²) in [5.41, 5.74) is 0. The van der Waals surface area contributed by atoms with Crippen molar-refractivity contribution in [3.05, 3.63) is 5.82 Å². The summed E-state index contributed by atoms with van der Waals surface area (Å²) in [7, 11) is 1.77. The molecule has 0 bridgehead atoms. The van der Waals surface area contributed by atoms with Gasteiger partial charge in [0.2, 0.25) is 0 Å². The minimum atomic E-state index is 0.717. The zero-order valence-electron chi connectivity index (χ0n) is 7.70. The van der Waals surface area contributed by atoms with Crippen LogP contribution in [0.3, 0.4) is 0 Å². The van der Waals surface area contributed by atoms with Crippen LogP contribution >= 0.6 is 22.6 Å². The van der Waals surface area contributed by atoms with Gasteiger partial charge in [-0.3, -0.25) is 0 Å². The molecule has 13 heavy (non-hydrogen) atoms. The summed E-state index contributed by atoms with van der Waals surface area (Å²) >= 11 is 2.39. The van der Waals surface area contributed by atoms with E-state index < -0.39 is 0 Å². The van der Waals surface area contributed by atoms with E-state index in [9.17, 15) is 0 Å². The Bertz CT molecular complexity index is 237. The van der Waals surface area contributed by atoms with Crippen molar-refractivity contribution >= 4 is 22.6 Å². The number of unbranched alkanes of at least 4 members (excludes halogenated alkanes) is 1. The van der Waals surface area contributed by atoms with Gasteiger partial charge in [-0.15, -0.1) is 10.2 Å². The number of halogens is 1. The van der Waals surface area contributed by atoms with Crippen LogP contribution in [0.25, 0.3) is 0 Å². The van der Waals surface area contributed by atoms with Crippen molar-refractivity contribution in [3.8, 4) is 0 Å². The summed E-state index contributed by atoms with van der Waals surface area (Å²) in [6, 6.07) is 0. The average Bonchev–Trinajstić information content (AvgIpc) is 2.51. The fraction of sp³-hybridized carbons (Fsp3) is 0.857. The molecule has 0 saturated carbocycles. The summed E-state index contributed by atoms with van der Waals surface area (Å²) in [6.07, 6.45) is 2.48. The zero-order chi connectivity index (χ0) is 9.52. The Morgan fingerprint density at radius 3 is 2.92 bits per heavy atom. The summed E-state index contributed by atoms with van der Waals surface area (Å²) in [5.74, 6) is 0.761. The molecule has 1 heterocycles. The van der Waals surface area contributed by atoms with Gasteiger partial charge in [0.25, 0.3) is 0 Å². The Balaban J connectivity index is 2.06. The Labute approximate surface area is 91.4 Å². The first-order valence-electron chi connectivity index (χ1n) is 4.32. The lowest BCUT2D eigenvalue weighted by Gasteiger charge is -1.98. The smallest absolute Gasteiger partial charge is 0.188 e. The van der Waals surface area contributed by atoms with E-state index in [4.69, 9.17) is 0 Å². The second-order valence-electron chi connectivity index (χ2n) is 2.77. The van der Waals surface area contributed by atoms with Crippen LogP contribution in [0.2, 0.25) is 0 Å². The van der Waals surface area contributed by atoms with Crippen LogP contribution in [0.4, 0.5) is 0 Å². The summed E-state index contributed by atoms with van der Waals surface area (Å²) in [5, 5.41) is 14.9. The molecule has 0 fully saturated rings. The second-order valence-corrected chi connectivity index (χ2v) is 3.85. The molecule has 6 heteroatoms. The van der Waals surface area contributed by atoms with Crippen molar-refractivity contribution in [2.24, 2.45) is 7.05 Å². The van der Waals surface area contributed by atoms with Gasteiger partial charge in [-0.25, -0.2) is 0 Å². The maximum absolute atomic E-state index is 4.06. The van der Waals surface area contributed by atoms with Gasteiger partial charge in [-0.1, -0.05) is 22.6 Å². The quantitative estimate of drug-likeness (QED) is 0.472. The molecule has 0 radical (unpaired) electrons. The standard InChI is InChI=1S/C7H14IN5/c1-13-11-7(10-12-13)6-9-5-3-2-4-8/h9H,2-6H2,1H3. The van der Waals surface area contributed by atoms with Crippen LogP contribution < -0.4 is 5.32 Å². The van der Waals surface area contributed by atoms with Crippen molar-refractivity contribution < 1.29 is 0 Å². The molecule has 0 aliphatic heterocycles. The van der Waals surface area contributed by atoms with Crippen molar-refractivity contribution in [1.82, 2.24) is 25.5 Å². The van der Waals surface area contributed by atoms with E-state index in [0.717, 1.165) is 18.9 Å². The predicted octanol–water partition coefficient (Wildman–Crippen LogP) is 0.515. The molecular weight excluding hydrogens is 281 g/mol. The Hall–Kier alpha value is -0.240. The van der Waals surface area contributed by atoms with Crippen LogP contribution in [-0.2, 0) is 13.6 Å². The maximum Gasteiger partial charge on any atom is 0.188 e. The van der Waals surface area contributed by atoms with Gasteiger partial charge < -0.3 is 5.32 Å². The molecule has 0 atom stereocenters. The molecule has 74 valence electrons. The lowest BCUT2D eigenvalue weighted by Crippen LogP contribution is -2.15. The Morgan fingerprint density at radius 1 is 1.46 bits per heavy atom. The summed E-state index contributed by atoms with van der Waals surface area (Å²) in [6.45, 7) is 1.75. The van der Waals surface area contributed by atoms with E-state index in [0.29, 0.717) is 0 Å². The van der Waals surface area contributed by atoms with Crippen molar-refractivity contribution in [2.75, 3.05) is 11.0 Å². The lowest BCUT2D eigenvalue weighted by molar-refractivity contribution is 0.610. The zero-order valence-corrected chi connectivity index (χ0v) is 9.86. The average molecular weight is 295 g/mol. The topological polar surface area (TPSA) is 55.6 Å². The largest absolute Gasteiger partial charge is 0.310 e. The van der Waals surface area contributed by atoms with E-state index >= 15 is 0 Å². The highest BCUT2D eigenvalue weighted by Gasteiger charge is 1.97. The SMILES string of the molecule is Cn1nnc(CNCCCCI)n1. The second kappa shape index (κ2) is 6.25. The molecule has 1 aromatic rings. The van der Waals surface area contributed by atoms with E-state index in [1.165, 1.54) is 22.1 Å². The normalized spacial score (nSPS) is 10.6. The molecule has 1 rings (SSSR count). The number of nitrogens with one attached hydrogen (secondary N) is 1. The first kappa shape index (κ1) is 10.8. The first-order chi connectivity index (χ1) is 6.33. The van der Waals surface area contributed by atoms with Gasteiger partial charge in [-0.05, 0) is 29.0 Å². The molecule has 0 spiro atoms. The number of rotatable bonds is 6. The van der Waals surface area contributed by atoms with Crippen LogP contribution in [0, 0.1) is 0 Å². The third kappa shape index (κ3) is 4.51. The van der Waals surface area contributed by atoms with Crippen LogP contribution in [-0.4, -0.2) is 31.2 Å². The summed E-state index contributed by atoms with van der Waals surface area (Å²) in [4.78, 5) is 1.47. The highest BCUT2D eigenvalue weighted by molar-refractivity contribution is 14.1. The molecule has 5 nitrogen and oxygen atoms in total. The number of aromatic nitrogens is 4. The first-order valence-corrected chi connectivity index (χ1v) is 5.85. The number of hydrogen-bond acceptors (Lipinski definition) is 4. The van der Waals surface area contributed by atoms with Gasteiger partial charge in [0.1, 0.15) is 0 Å². The highest BCUT2D eigenvalue weighted by Crippen LogP contribution is 1.92. The van der Waals surface area contributed by atoms with E-state index in [1.54, 1.807) is 7.05 Å². The predicted molar refractivity (Wildman–Crippen MR) is 58.6 cm³/mol. The molecule has 0 saturated heterocycles. The third-order valence-corrected chi connectivity index (χ3v) is 2.33.